The summed E-state index contributed by atoms with van der Waals surface area (Å²) in [7, 11) is 0. The number of hydrogen-bond donors (Lipinski definition) is 1. The Hall–Kier alpha value is -2.08. The molecule has 2 aliphatic rings. The molecule has 0 unspecified atom stereocenters. The predicted octanol–water partition coefficient (Wildman–Crippen LogP) is 2.54. The summed E-state index contributed by atoms with van der Waals surface area (Å²) in [6, 6.07) is 8.32. The fourth-order valence-electron chi connectivity index (χ4n) is 3.94. The molecular weight excluding hydrogens is 346 g/mol. The normalized spacial score (nSPS) is 22.4. The molecule has 0 aliphatic carbocycles. The number of benzene rings is 1. The van der Waals surface area contributed by atoms with E-state index in [0.717, 1.165) is 17.1 Å². The Bertz CT molecular complexity index is 883. The van der Waals surface area contributed by atoms with E-state index in [-0.39, 0.29) is 11.8 Å². The minimum Gasteiger partial charge on any atom is -0.356 e. The third kappa shape index (κ3) is 3.43. The molecule has 2 atom stereocenters. The summed E-state index contributed by atoms with van der Waals surface area (Å²) in [6.07, 6.45) is 0.548. The Kier molecular flexibility index (Phi) is 4.61. The van der Waals surface area contributed by atoms with Crippen LogP contribution >= 0.6 is 11.8 Å². The highest BCUT2D eigenvalue weighted by molar-refractivity contribution is 7.99. The number of fused-ring (bicyclic) bond motifs is 2. The van der Waals surface area contributed by atoms with Crippen LogP contribution in [0.15, 0.2) is 29.3 Å². The van der Waals surface area contributed by atoms with E-state index in [1.165, 1.54) is 28.3 Å². The van der Waals surface area contributed by atoms with Gasteiger partial charge in [-0.15, -0.1) is 0 Å². The number of nitrogens with one attached hydrogen (secondary N) is 1. The molecule has 2 aliphatic heterocycles. The van der Waals surface area contributed by atoms with E-state index in [1.807, 2.05) is 11.0 Å². The summed E-state index contributed by atoms with van der Waals surface area (Å²) in [5.74, 6) is 1.37. The number of likely N-dealkylation sites (tertiary alicyclic amines) is 1. The zero-order chi connectivity index (χ0) is 18.3. The molecule has 2 aromatic rings. The Morgan fingerprint density at radius 3 is 2.92 bits per heavy atom. The van der Waals surface area contributed by atoms with Crippen LogP contribution in [0.25, 0.3) is 10.9 Å². The van der Waals surface area contributed by atoms with Gasteiger partial charge >= 0.3 is 0 Å². The molecule has 6 heteroatoms. The fourth-order valence-corrected chi connectivity index (χ4v) is 4.82. The van der Waals surface area contributed by atoms with Gasteiger partial charge in [-0.2, -0.15) is 0 Å². The lowest BCUT2D eigenvalue weighted by atomic mass is 9.89. The average Bonchev–Trinajstić information content (AvgIpc) is 3.03. The molecule has 0 radical (unpaired) electrons. The highest BCUT2D eigenvalue weighted by Gasteiger charge is 2.38. The number of carbonyl (C=O) groups is 2. The Morgan fingerprint density at radius 2 is 2.08 bits per heavy atom. The van der Waals surface area contributed by atoms with Crippen molar-refractivity contribution in [2.75, 3.05) is 25.4 Å². The molecule has 0 saturated carbocycles. The van der Waals surface area contributed by atoms with Crippen molar-refractivity contribution in [2.45, 2.75) is 25.3 Å². The van der Waals surface area contributed by atoms with Gasteiger partial charge in [-0.1, -0.05) is 23.4 Å². The number of pyridine rings is 1. The van der Waals surface area contributed by atoms with Gasteiger partial charge in [0.15, 0.2) is 0 Å². The molecule has 136 valence electrons. The van der Waals surface area contributed by atoms with Crippen LogP contribution < -0.4 is 5.32 Å². The van der Waals surface area contributed by atoms with E-state index >= 15 is 0 Å². The molecule has 0 spiro atoms. The smallest absolute Gasteiger partial charge is 0.233 e. The number of aromatic nitrogens is 1. The van der Waals surface area contributed by atoms with Crippen LogP contribution in [-0.2, 0) is 9.59 Å². The van der Waals surface area contributed by atoms with Gasteiger partial charge < -0.3 is 10.2 Å². The van der Waals surface area contributed by atoms with Crippen LogP contribution in [0.5, 0.6) is 0 Å². The van der Waals surface area contributed by atoms with Gasteiger partial charge in [-0.05, 0) is 49.4 Å². The van der Waals surface area contributed by atoms with Crippen molar-refractivity contribution < 1.29 is 9.59 Å². The Balaban J connectivity index is 1.41. The van der Waals surface area contributed by atoms with Crippen molar-refractivity contribution in [1.29, 1.82) is 0 Å². The van der Waals surface area contributed by atoms with Crippen molar-refractivity contribution in [2.24, 2.45) is 11.8 Å². The van der Waals surface area contributed by atoms with Crippen LogP contribution in [0.4, 0.5) is 0 Å². The first-order valence-corrected chi connectivity index (χ1v) is 10.0. The third-order valence-corrected chi connectivity index (χ3v) is 6.33. The topological polar surface area (TPSA) is 62.3 Å². The van der Waals surface area contributed by atoms with Crippen LogP contribution in [0.2, 0.25) is 0 Å². The van der Waals surface area contributed by atoms with Crippen LogP contribution in [0.3, 0.4) is 0 Å². The van der Waals surface area contributed by atoms with Crippen molar-refractivity contribution in [3.63, 3.8) is 0 Å². The Morgan fingerprint density at radius 1 is 1.27 bits per heavy atom. The molecular formula is C20H23N3O2S. The maximum atomic E-state index is 12.6. The molecule has 0 bridgehead atoms. The molecule has 4 rings (SSSR count). The first-order chi connectivity index (χ1) is 12.5. The number of amides is 2. The molecule has 2 fully saturated rings. The largest absolute Gasteiger partial charge is 0.356 e. The fraction of sp³-hybridized carbons (Fsp3) is 0.450. The SMILES string of the molecule is Cc1ccc2nc(SCC(=O)N3C[C@H]4CC(=O)NC[C@H]4C3)cc(C)c2c1. The van der Waals surface area contributed by atoms with Crippen molar-refractivity contribution in [3.8, 4) is 0 Å². The summed E-state index contributed by atoms with van der Waals surface area (Å²) in [5, 5.41) is 4.96. The lowest BCUT2D eigenvalue weighted by molar-refractivity contribution is -0.128. The van der Waals surface area contributed by atoms with E-state index in [4.69, 9.17) is 4.98 Å². The van der Waals surface area contributed by atoms with Gasteiger partial charge in [-0.3, -0.25) is 9.59 Å². The van der Waals surface area contributed by atoms with E-state index < -0.39 is 0 Å². The highest BCUT2D eigenvalue weighted by atomic mass is 32.2. The van der Waals surface area contributed by atoms with Gasteiger partial charge in [-0.25, -0.2) is 4.98 Å². The summed E-state index contributed by atoms with van der Waals surface area (Å²) < 4.78 is 0. The van der Waals surface area contributed by atoms with Gasteiger partial charge in [0.2, 0.25) is 11.8 Å². The highest BCUT2D eigenvalue weighted by Crippen LogP contribution is 2.30. The molecule has 5 nitrogen and oxygen atoms in total. The molecule has 1 aromatic carbocycles. The average molecular weight is 369 g/mol. The first-order valence-electron chi connectivity index (χ1n) is 9.05. The minimum absolute atomic E-state index is 0.112. The maximum Gasteiger partial charge on any atom is 0.233 e. The lowest BCUT2D eigenvalue weighted by Crippen LogP contribution is -2.40. The van der Waals surface area contributed by atoms with Gasteiger partial charge in [0.25, 0.3) is 0 Å². The summed E-state index contributed by atoms with van der Waals surface area (Å²) >= 11 is 1.50. The zero-order valence-electron chi connectivity index (χ0n) is 15.1. The summed E-state index contributed by atoms with van der Waals surface area (Å²) in [6.45, 7) is 6.33. The minimum atomic E-state index is 0.112. The number of thioether (sulfide) groups is 1. The molecule has 2 amide bonds. The van der Waals surface area contributed by atoms with Crippen LogP contribution in [-0.4, -0.2) is 47.1 Å². The molecule has 1 N–H and O–H groups in total. The lowest BCUT2D eigenvalue weighted by Gasteiger charge is -2.23. The van der Waals surface area contributed by atoms with E-state index in [9.17, 15) is 9.59 Å². The Labute approximate surface area is 157 Å². The van der Waals surface area contributed by atoms with Crippen molar-refractivity contribution in [1.82, 2.24) is 15.2 Å². The number of hydrogen-bond acceptors (Lipinski definition) is 4. The van der Waals surface area contributed by atoms with Crippen LogP contribution in [0.1, 0.15) is 17.5 Å². The van der Waals surface area contributed by atoms with Crippen LogP contribution in [0, 0.1) is 25.7 Å². The standard InChI is InChI=1S/C20H23N3O2S/c1-12-3-4-17-16(5-12)13(2)6-19(22-17)26-11-20(25)23-9-14-7-18(24)21-8-15(14)10-23/h3-6,14-15H,7-11H2,1-2H3,(H,21,24)/t14-,15+/m1/s1. The number of piperidine rings is 1. The van der Waals surface area contributed by atoms with Gasteiger partial charge in [0.1, 0.15) is 0 Å². The summed E-state index contributed by atoms with van der Waals surface area (Å²) in [5.41, 5.74) is 3.38. The molecule has 3 heterocycles. The second-order valence-corrected chi connectivity index (χ2v) is 8.41. The maximum absolute atomic E-state index is 12.6. The predicted molar refractivity (Wildman–Crippen MR) is 103 cm³/mol. The first kappa shape index (κ1) is 17.3. The zero-order valence-corrected chi connectivity index (χ0v) is 15.9. The third-order valence-electron chi connectivity index (χ3n) is 5.43. The second-order valence-electron chi connectivity index (χ2n) is 7.41. The second kappa shape index (κ2) is 6.91. The van der Waals surface area contributed by atoms with E-state index in [0.29, 0.717) is 37.1 Å². The van der Waals surface area contributed by atoms with Crippen molar-refractivity contribution >= 4 is 34.5 Å². The molecule has 2 saturated heterocycles. The van der Waals surface area contributed by atoms with Crippen molar-refractivity contribution in [3.05, 3.63) is 35.4 Å². The quantitative estimate of drug-likeness (QED) is 0.845. The number of aryl methyl sites for hydroxylation is 2. The van der Waals surface area contributed by atoms with Gasteiger partial charge in [0, 0.05) is 31.4 Å². The van der Waals surface area contributed by atoms with Gasteiger partial charge in [0.05, 0.1) is 16.3 Å². The monoisotopic (exact) mass is 369 g/mol. The molecule has 1 aromatic heterocycles. The number of rotatable bonds is 3. The number of nitrogens with zero attached hydrogens (tertiary/aromatic N) is 2. The molecule has 26 heavy (non-hydrogen) atoms. The van der Waals surface area contributed by atoms with E-state index in [1.54, 1.807) is 0 Å². The number of carbonyl (C=O) groups excluding carboxylic acids is 2. The summed E-state index contributed by atoms with van der Waals surface area (Å²) in [4.78, 5) is 30.7. The van der Waals surface area contributed by atoms with E-state index in [2.05, 4.69) is 37.4 Å².